The fraction of sp³-hybridized carbons (Fsp3) is 0.500. The summed E-state index contributed by atoms with van der Waals surface area (Å²) in [6.45, 7) is 0.642. The van der Waals surface area contributed by atoms with Crippen LogP contribution in [0, 0.1) is 11.7 Å². The fourth-order valence-corrected chi connectivity index (χ4v) is 3.64. The van der Waals surface area contributed by atoms with Gasteiger partial charge in [-0.2, -0.15) is 0 Å². The van der Waals surface area contributed by atoms with Crippen molar-refractivity contribution in [2.45, 2.75) is 30.5 Å². The third kappa shape index (κ3) is 4.28. The van der Waals surface area contributed by atoms with Gasteiger partial charge in [0.25, 0.3) is 5.91 Å². The van der Waals surface area contributed by atoms with Crippen molar-refractivity contribution in [2.75, 3.05) is 6.54 Å². The Balaban J connectivity index is 1.93. The summed E-state index contributed by atoms with van der Waals surface area (Å²) < 4.78 is 13.8. The molecular weight excluding hydrogens is 377 g/mol. The van der Waals surface area contributed by atoms with Gasteiger partial charge in [0.1, 0.15) is 5.82 Å². The summed E-state index contributed by atoms with van der Waals surface area (Å²) in [6.07, 6.45) is 4.75. The molecule has 1 aliphatic rings. The van der Waals surface area contributed by atoms with Crippen LogP contribution in [0.3, 0.4) is 0 Å². The minimum atomic E-state index is -0.407. The molecule has 1 amide bonds. The monoisotopic (exact) mass is 391 g/mol. The van der Waals surface area contributed by atoms with Crippen LogP contribution >= 0.6 is 31.9 Å². The van der Waals surface area contributed by atoms with Crippen molar-refractivity contribution in [3.05, 3.63) is 34.1 Å². The van der Waals surface area contributed by atoms with Crippen molar-refractivity contribution in [3.8, 4) is 0 Å². The van der Waals surface area contributed by atoms with E-state index in [0.29, 0.717) is 27.3 Å². The number of benzene rings is 1. The Morgan fingerprint density at radius 2 is 2.05 bits per heavy atom. The molecule has 2 unspecified atom stereocenters. The number of hydrogen-bond donors (Lipinski definition) is 1. The molecule has 1 aromatic rings. The topological polar surface area (TPSA) is 29.1 Å². The lowest BCUT2D eigenvalue weighted by Gasteiger charge is -2.27. The number of carbonyl (C=O) groups excluding carboxylic acids is 1. The zero-order chi connectivity index (χ0) is 13.8. The first-order valence-electron chi connectivity index (χ1n) is 6.44. The van der Waals surface area contributed by atoms with Gasteiger partial charge in [-0.05, 0) is 37.0 Å². The van der Waals surface area contributed by atoms with Gasteiger partial charge in [-0.3, -0.25) is 4.79 Å². The maximum absolute atomic E-state index is 13.2. The average Bonchev–Trinajstić information content (AvgIpc) is 2.36. The van der Waals surface area contributed by atoms with Gasteiger partial charge in [0.15, 0.2) is 0 Å². The van der Waals surface area contributed by atoms with Gasteiger partial charge in [-0.1, -0.05) is 44.7 Å². The highest BCUT2D eigenvalue weighted by Gasteiger charge is 2.23. The molecule has 2 rings (SSSR count). The maximum Gasteiger partial charge on any atom is 0.251 e. The minimum Gasteiger partial charge on any atom is -0.352 e. The lowest BCUT2D eigenvalue weighted by molar-refractivity contribution is 0.0944. The molecule has 104 valence electrons. The largest absolute Gasteiger partial charge is 0.352 e. The van der Waals surface area contributed by atoms with E-state index in [-0.39, 0.29) is 5.91 Å². The Bertz CT molecular complexity index is 447. The molecule has 0 heterocycles. The number of hydrogen-bond acceptors (Lipinski definition) is 1. The van der Waals surface area contributed by atoms with Crippen molar-refractivity contribution >= 4 is 37.8 Å². The molecular formula is C14H16Br2FNO. The molecule has 0 spiro atoms. The van der Waals surface area contributed by atoms with Gasteiger partial charge < -0.3 is 5.32 Å². The third-order valence-electron chi connectivity index (χ3n) is 3.47. The molecule has 1 aromatic carbocycles. The summed E-state index contributed by atoms with van der Waals surface area (Å²) >= 11 is 6.86. The first-order chi connectivity index (χ1) is 9.06. The van der Waals surface area contributed by atoms with Crippen LogP contribution in [0.25, 0.3) is 0 Å². The Labute approximate surface area is 129 Å². The van der Waals surface area contributed by atoms with Crippen LogP contribution in [-0.4, -0.2) is 17.3 Å². The maximum atomic E-state index is 13.2. The molecule has 5 heteroatoms. The Hall–Kier alpha value is -0.420. The molecule has 1 saturated carbocycles. The van der Waals surface area contributed by atoms with E-state index in [1.54, 1.807) is 6.07 Å². The number of rotatable bonds is 3. The van der Waals surface area contributed by atoms with E-state index in [1.165, 1.54) is 25.0 Å². The Morgan fingerprint density at radius 3 is 2.74 bits per heavy atom. The molecule has 2 atom stereocenters. The zero-order valence-electron chi connectivity index (χ0n) is 10.5. The second-order valence-electron chi connectivity index (χ2n) is 4.93. The quantitative estimate of drug-likeness (QED) is 0.764. The summed E-state index contributed by atoms with van der Waals surface area (Å²) in [5.41, 5.74) is 0.355. The van der Waals surface area contributed by atoms with Gasteiger partial charge in [0, 0.05) is 21.4 Å². The molecule has 0 aromatic heterocycles. The van der Waals surface area contributed by atoms with E-state index in [4.69, 9.17) is 0 Å². The van der Waals surface area contributed by atoms with Gasteiger partial charge in [-0.25, -0.2) is 4.39 Å². The van der Waals surface area contributed by atoms with Crippen LogP contribution in [0.5, 0.6) is 0 Å². The van der Waals surface area contributed by atoms with Crippen LogP contribution in [0.2, 0.25) is 0 Å². The van der Waals surface area contributed by atoms with Crippen LogP contribution in [0.4, 0.5) is 4.39 Å². The molecule has 0 radical (unpaired) electrons. The molecule has 0 bridgehead atoms. The number of halogens is 3. The number of nitrogens with one attached hydrogen (secondary N) is 1. The third-order valence-corrected chi connectivity index (χ3v) is 5.13. The van der Waals surface area contributed by atoms with Crippen LogP contribution in [0.1, 0.15) is 36.0 Å². The van der Waals surface area contributed by atoms with Gasteiger partial charge >= 0.3 is 0 Å². The van der Waals surface area contributed by atoms with E-state index in [2.05, 4.69) is 37.2 Å². The second-order valence-corrected chi connectivity index (χ2v) is 7.02. The normalized spacial score (nSPS) is 23.1. The molecule has 1 N–H and O–H groups in total. The highest BCUT2D eigenvalue weighted by atomic mass is 79.9. The van der Waals surface area contributed by atoms with Crippen LogP contribution in [0.15, 0.2) is 22.7 Å². The fourth-order valence-electron chi connectivity index (χ4n) is 2.40. The summed E-state index contributed by atoms with van der Waals surface area (Å²) in [4.78, 5) is 12.5. The Kier molecular flexibility index (Phi) is 5.39. The van der Waals surface area contributed by atoms with Crippen molar-refractivity contribution in [2.24, 2.45) is 5.92 Å². The zero-order valence-corrected chi connectivity index (χ0v) is 13.6. The first kappa shape index (κ1) is 15.0. The van der Waals surface area contributed by atoms with E-state index in [9.17, 15) is 9.18 Å². The lowest BCUT2D eigenvalue weighted by Crippen LogP contribution is -2.34. The summed E-state index contributed by atoms with van der Waals surface area (Å²) in [5, 5.41) is 2.90. The van der Waals surface area contributed by atoms with Crippen molar-refractivity contribution in [1.82, 2.24) is 5.32 Å². The number of alkyl halides is 1. The standard InChI is InChI=1S/C14H16Br2FNO/c15-11-5-10(6-12(17)7-11)14(19)18-8-9-3-1-2-4-13(9)16/h5-7,9,13H,1-4,8H2,(H,18,19). The summed E-state index contributed by atoms with van der Waals surface area (Å²) in [5.74, 6) is -0.157. The van der Waals surface area contributed by atoms with E-state index in [0.717, 1.165) is 12.8 Å². The smallest absolute Gasteiger partial charge is 0.251 e. The highest BCUT2D eigenvalue weighted by molar-refractivity contribution is 9.10. The second kappa shape index (κ2) is 6.84. The molecule has 1 aliphatic carbocycles. The van der Waals surface area contributed by atoms with Crippen LogP contribution in [-0.2, 0) is 0 Å². The SMILES string of the molecule is O=C(NCC1CCCCC1Br)c1cc(F)cc(Br)c1. The molecule has 1 fully saturated rings. The minimum absolute atomic E-state index is 0.217. The molecule has 0 saturated heterocycles. The van der Waals surface area contributed by atoms with Crippen LogP contribution < -0.4 is 5.32 Å². The van der Waals surface area contributed by atoms with Crippen molar-refractivity contribution in [1.29, 1.82) is 0 Å². The number of amides is 1. The lowest BCUT2D eigenvalue weighted by atomic mass is 9.89. The van der Waals surface area contributed by atoms with E-state index >= 15 is 0 Å². The molecule has 0 aliphatic heterocycles. The average molecular weight is 393 g/mol. The van der Waals surface area contributed by atoms with Crippen molar-refractivity contribution in [3.63, 3.8) is 0 Å². The van der Waals surface area contributed by atoms with Gasteiger partial charge in [-0.15, -0.1) is 0 Å². The van der Waals surface area contributed by atoms with E-state index in [1.807, 2.05) is 0 Å². The predicted octanol–water partition coefficient (Wildman–Crippen LogP) is 4.27. The van der Waals surface area contributed by atoms with Gasteiger partial charge in [0.05, 0.1) is 0 Å². The molecule has 19 heavy (non-hydrogen) atoms. The number of carbonyl (C=O) groups is 1. The Morgan fingerprint density at radius 1 is 1.32 bits per heavy atom. The predicted molar refractivity (Wildman–Crippen MR) is 81.1 cm³/mol. The first-order valence-corrected chi connectivity index (χ1v) is 8.15. The molecule has 2 nitrogen and oxygen atoms in total. The summed E-state index contributed by atoms with van der Waals surface area (Å²) in [6, 6.07) is 4.23. The van der Waals surface area contributed by atoms with E-state index < -0.39 is 5.82 Å². The van der Waals surface area contributed by atoms with Gasteiger partial charge in [0.2, 0.25) is 0 Å². The van der Waals surface area contributed by atoms with Crippen molar-refractivity contribution < 1.29 is 9.18 Å². The highest BCUT2D eigenvalue weighted by Crippen LogP contribution is 2.29. The summed E-state index contributed by atoms with van der Waals surface area (Å²) in [7, 11) is 0.